The number of fused-ring (bicyclic) bond motifs is 3. The Bertz CT molecular complexity index is 1390. The van der Waals surface area contributed by atoms with Crippen molar-refractivity contribution in [3.05, 3.63) is 94.7 Å². The molecule has 0 unspecified atom stereocenters. The van der Waals surface area contributed by atoms with Crippen molar-refractivity contribution >= 4 is 55.1 Å². The van der Waals surface area contributed by atoms with Gasteiger partial charge in [0.05, 0.1) is 5.69 Å². The van der Waals surface area contributed by atoms with E-state index in [9.17, 15) is 4.79 Å². The molecule has 0 radical (unpaired) electrons. The number of azo groups is 1. The van der Waals surface area contributed by atoms with Crippen molar-refractivity contribution in [1.29, 1.82) is 0 Å². The Hall–Kier alpha value is -3.77. The Labute approximate surface area is 170 Å². The smallest absolute Gasteiger partial charge is 0.347 e. The lowest BCUT2D eigenvalue weighted by Gasteiger charge is -2.05. The van der Waals surface area contributed by atoms with Crippen LogP contribution in [0.25, 0.3) is 21.7 Å². The zero-order chi connectivity index (χ0) is 19.6. The van der Waals surface area contributed by atoms with Crippen LogP contribution in [0.3, 0.4) is 0 Å². The number of nitrogens with one attached hydrogen (secondary N) is 1. The summed E-state index contributed by atoms with van der Waals surface area (Å²) in [5.74, 6) is 0. The molecule has 0 amide bonds. The van der Waals surface area contributed by atoms with Gasteiger partial charge in [-0.2, -0.15) is 0 Å². The quantitative estimate of drug-likeness (QED) is 0.258. The fraction of sp³-hybridized carbons (Fsp3) is 0. The zero-order valence-electron chi connectivity index (χ0n) is 15.2. The summed E-state index contributed by atoms with van der Waals surface area (Å²) in [5.41, 5.74) is 2.87. The van der Waals surface area contributed by atoms with Gasteiger partial charge in [0.15, 0.2) is 5.00 Å². The van der Waals surface area contributed by atoms with Crippen molar-refractivity contribution in [2.75, 3.05) is 5.32 Å². The van der Waals surface area contributed by atoms with Crippen LogP contribution in [-0.4, -0.2) is 0 Å². The molecule has 0 aliphatic rings. The second-order valence-corrected chi connectivity index (χ2v) is 7.31. The van der Waals surface area contributed by atoms with E-state index in [2.05, 4.69) is 15.5 Å². The monoisotopic (exact) mass is 397 g/mol. The van der Waals surface area contributed by atoms with Crippen LogP contribution in [0.2, 0.25) is 0 Å². The Morgan fingerprint density at radius 1 is 0.759 bits per heavy atom. The summed E-state index contributed by atoms with van der Waals surface area (Å²) >= 11 is 1.38. The van der Waals surface area contributed by atoms with Crippen LogP contribution in [-0.2, 0) is 0 Å². The van der Waals surface area contributed by atoms with Crippen LogP contribution in [0.4, 0.5) is 22.1 Å². The summed E-state index contributed by atoms with van der Waals surface area (Å²) in [7, 11) is 0. The first-order chi connectivity index (χ1) is 14.3. The molecule has 140 valence electrons. The molecule has 0 saturated carbocycles. The van der Waals surface area contributed by atoms with E-state index in [1.165, 1.54) is 11.3 Å². The number of benzene rings is 3. The van der Waals surface area contributed by atoms with E-state index >= 15 is 0 Å². The second-order valence-electron chi connectivity index (χ2n) is 6.45. The summed E-state index contributed by atoms with van der Waals surface area (Å²) < 4.78 is 5.44. The molecule has 2 aromatic heterocycles. The average molecular weight is 397 g/mol. The molecule has 0 atom stereocenters. The maximum Gasteiger partial charge on any atom is 0.347 e. The van der Waals surface area contributed by atoms with Gasteiger partial charge >= 0.3 is 5.63 Å². The average Bonchev–Trinajstić information content (AvgIpc) is 3.19. The van der Waals surface area contributed by atoms with E-state index in [-0.39, 0.29) is 0 Å². The van der Waals surface area contributed by atoms with Crippen molar-refractivity contribution in [1.82, 2.24) is 0 Å². The Morgan fingerprint density at radius 3 is 2.31 bits per heavy atom. The number of para-hydroxylation sites is 2. The third-order valence-electron chi connectivity index (χ3n) is 4.54. The van der Waals surface area contributed by atoms with Crippen LogP contribution in [0.1, 0.15) is 0 Å². The van der Waals surface area contributed by atoms with Gasteiger partial charge in [0.1, 0.15) is 11.0 Å². The fourth-order valence-electron chi connectivity index (χ4n) is 3.15. The van der Waals surface area contributed by atoms with Crippen LogP contribution >= 0.6 is 11.3 Å². The number of hydrogen-bond donors (Lipinski definition) is 1. The first-order valence-electron chi connectivity index (χ1n) is 9.05. The SMILES string of the molecule is O=c1oc2ccccc2c2csc(N=Nc3ccc(Nc4ccccc4)cc3)c12. The van der Waals surface area contributed by atoms with E-state index < -0.39 is 5.63 Å². The standard InChI is InChI=1S/C23H15N3O2S/c27-23-21-19(18-8-4-5-9-20(18)28-23)14-29-22(21)26-25-17-12-10-16(11-13-17)24-15-6-2-1-3-7-15/h1-14,24H. The Morgan fingerprint density at radius 2 is 1.48 bits per heavy atom. The van der Waals surface area contributed by atoms with Gasteiger partial charge in [-0.15, -0.1) is 21.6 Å². The second kappa shape index (κ2) is 7.33. The molecule has 0 saturated heterocycles. The predicted octanol–water partition coefficient (Wildman–Crippen LogP) is 7.17. The first kappa shape index (κ1) is 17.3. The molecule has 5 rings (SSSR count). The third kappa shape index (κ3) is 3.41. The molecule has 29 heavy (non-hydrogen) atoms. The van der Waals surface area contributed by atoms with Crippen molar-refractivity contribution < 1.29 is 4.42 Å². The van der Waals surface area contributed by atoms with Gasteiger partial charge < -0.3 is 9.73 Å². The lowest BCUT2D eigenvalue weighted by molar-refractivity contribution is 0.570. The minimum atomic E-state index is -0.392. The van der Waals surface area contributed by atoms with Crippen molar-refractivity contribution in [2.45, 2.75) is 0 Å². The van der Waals surface area contributed by atoms with E-state index in [0.717, 1.165) is 22.1 Å². The van der Waals surface area contributed by atoms with Crippen molar-refractivity contribution in [3.63, 3.8) is 0 Å². The number of rotatable bonds is 4. The molecular formula is C23H15N3O2S. The van der Waals surface area contributed by atoms with E-state index in [0.29, 0.717) is 21.7 Å². The minimum absolute atomic E-state index is 0.392. The zero-order valence-corrected chi connectivity index (χ0v) is 16.0. The highest BCUT2D eigenvalue weighted by Gasteiger charge is 2.13. The molecule has 5 aromatic rings. The molecular weight excluding hydrogens is 382 g/mol. The maximum absolute atomic E-state index is 12.4. The van der Waals surface area contributed by atoms with Gasteiger partial charge in [-0.1, -0.05) is 36.4 Å². The van der Waals surface area contributed by atoms with E-state index in [1.807, 2.05) is 78.2 Å². The minimum Gasteiger partial charge on any atom is -0.422 e. The van der Waals surface area contributed by atoms with Crippen LogP contribution in [0.5, 0.6) is 0 Å². The molecule has 2 heterocycles. The van der Waals surface area contributed by atoms with Gasteiger partial charge in [0.25, 0.3) is 0 Å². The lowest BCUT2D eigenvalue weighted by Crippen LogP contribution is -1.97. The Kier molecular flexibility index (Phi) is 4.38. The Balaban J connectivity index is 1.43. The number of anilines is 2. The molecule has 0 bridgehead atoms. The number of thiophene rings is 1. The highest BCUT2D eigenvalue weighted by Crippen LogP contribution is 2.36. The predicted molar refractivity (Wildman–Crippen MR) is 118 cm³/mol. The summed E-state index contributed by atoms with van der Waals surface area (Å²) in [4.78, 5) is 12.4. The largest absolute Gasteiger partial charge is 0.422 e. The molecule has 6 heteroatoms. The number of hydrogen-bond acceptors (Lipinski definition) is 6. The van der Waals surface area contributed by atoms with Gasteiger partial charge in [-0.05, 0) is 42.5 Å². The third-order valence-corrected chi connectivity index (χ3v) is 5.40. The topological polar surface area (TPSA) is 67.0 Å². The van der Waals surface area contributed by atoms with Gasteiger partial charge in [0, 0.05) is 27.5 Å². The molecule has 0 fully saturated rings. The van der Waals surface area contributed by atoms with Gasteiger partial charge in [0.2, 0.25) is 0 Å². The van der Waals surface area contributed by atoms with Crippen LogP contribution in [0.15, 0.2) is 104 Å². The van der Waals surface area contributed by atoms with E-state index in [1.54, 1.807) is 6.07 Å². The first-order valence-corrected chi connectivity index (χ1v) is 9.93. The van der Waals surface area contributed by atoms with Crippen LogP contribution < -0.4 is 10.9 Å². The normalized spacial score (nSPS) is 11.4. The molecule has 0 aliphatic heterocycles. The maximum atomic E-state index is 12.4. The summed E-state index contributed by atoms with van der Waals surface area (Å²) in [6.07, 6.45) is 0. The number of nitrogens with zero attached hydrogens (tertiary/aromatic N) is 2. The van der Waals surface area contributed by atoms with Gasteiger partial charge in [-0.3, -0.25) is 0 Å². The van der Waals surface area contributed by atoms with E-state index in [4.69, 9.17) is 4.42 Å². The summed E-state index contributed by atoms with van der Waals surface area (Å²) in [6, 6.07) is 25.1. The molecule has 0 spiro atoms. The fourth-order valence-corrected chi connectivity index (χ4v) is 4.02. The van der Waals surface area contributed by atoms with Crippen molar-refractivity contribution in [3.8, 4) is 0 Å². The molecule has 1 N–H and O–H groups in total. The highest BCUT2D eigenvalue weighted by atomic mass is 32.1. The summed E-state index contributed by atoms with van der Waals surface area (Å²) in [5, 5.41) is 16.6. The molecule has 5 nitrogen and oxygen atoms in total. The van der Waals surface area contributed by atoms with Crippen LogP contribution in [0, 0.1) is 0 Å². The molecule has 3 aromatic carbocycles. The highest BCUT2D eigenvalue weighted by molar-refractivity contribution is 7.15. The van der Waals surface area contributed by atoms with Crippen molar-refractivity contribution in [2.24, 2.45) is 10.2 Å². The lowest BCUT2D eigenvalue weighted by atomic mass is 10.1. The molecule has 0 aliphatic carbocycles. The van der Waals surface area contributed by atoms with Gasteiger partial charge in [-0.25, -0.2) is 4.79 Å². The summed E-state index contributed by atoms with van der Waals surface area (Å²) in [6.45, 7) is 0.